The fourth-order valence-corrected chi connectivity index (χ4v) is 1.64. The number of hydrogen-bond donors (Lipinski definition) is 1. The van der Waals surface area contributed by atoms with Crippen LogP contribution in [0, 0.1) is 28.4 Å². The van der Waals surface area contributed by atoms with E-state index in [1.54, 1.807) is 31.3 Å². The van der Waals surface area contributed by atoms with Crippen LogP contribution in [0.3, 0.4) is 0 Å². The molecule has 1 N–H and O–H groups in total. The molecule has 0 saturated carbocycles. The number of nitriles is 1. The van der Waals surface area contributed by atoms with Crippen LogP contribution in [0.15, 0.2) is 24.3 Å². The molecular weight excluding hydrogens is 274 g/mol. The lowest BCUT2D eigenvalue weighted by atomic mass is 10.2. The number of aryl methyl sites for hydroxylation is 1. The quantitative estimate of drug-likeness (QED) is 0.677. The van der Waals surface area contributed by atoms with Crippen LogP contribution in [0.1, 0.15) is 11.3 Å². The van der Waals surface area contributed by atoms with Crippen LogP contribution in [-0.4, -0.2) is 21.9 Å². The summed E-state index contributed by atoms with van der Waals surface area (Å²) in [6.45, 7) is 1.51. The maximum absolute atomic E-state index is 11.1. The van der Waals surface area contributed by atoms with Gasteiger partial charge < -0.3 is 10.1 Å². The van der Waals surface area contributed by atoms with Gasteiger partial charge in [-0.05, 0) is 31.2 Å². The molecule has 0 aliphatic heterocycles. The largest absolute Gasteiger partial charge is 0.434 e. The van der Waals surface area contributed by atoms with E-state index >= 15 is 0 Å². The number of ether oxygens (including phenoxy) is 1. The molecule has 1 aromatic carbocycles. The molecule has 21 heavy (non-hydrogen) atoms. The summed E-state index contributed by atoms with van der Waals surface area (Å²) in [5.74, 6) is 0.417. The maximum atomic E-state index is 11.1. The minimum atomic E-state index is -0.590. The number of nitro groups is 1. The lowest BCUT2D eigenvalue weighted by Crippen LogP contribution is -2.05. The average molecular weight is 285 g/mol. The standard InChI is InChI=1S/C13H11N5O3/c1-8-11(18(19)20)12(17-13(15-2)16-8)21-10-5-3-9(7-14)4-6-10/h3-6H,1-2H3,(H,15,16,17). The smallest absolute Gasteiger partial charge is 0.352 e. The zero-order valence-electron chi connectivity index (χ0n) is 11.3. The molecule has 1 heterocycles. The summed E-state index contributed by atoms with van der Waals surface area (Å²) < 4.78 is 5.45. The summed E-state index contributed by atoms with van der Waals surface area (Å²) in [5, 5.41) is 22.6. The molecule has 2 aromatic rings. The number of benzene rings is 1. The highest BCUT2D eigenvalue weighted by Gasteiger charge is 2.24. The molecule has 8 nitrogen and oxygen atoms in total. The Balaban J connectivity index is 2.43. The maximum Gasteiger partial charge on any atom is 0.352 e. The van der Waals surface area contributed by atoms with Gasteiger partial charge in [0.05, 0.1) is 16.6 Å². The van der Waals surface area contributed by atoms with E-state index in [1.165, 1.54) is 6.92 Å². The SMILES string of the molecule is CNc1nc(C)c([N+](=O)[O-])c(Oc2ccc(C#N)cc2)n1. The molecule has 0 atom stereocenters. The van der Waals surface area contributed by atoms with Crippen molar-refractivity contribution < 1.29 is 9.66 Å². The van der Waals surface area contributed by atoms with Crippen LogP contribution in [0.4, 0.5) is 11.6 Å². The van der Waals surface area contributed by atoms with Gasteiger partial charge >= 0.3 is 11.6 Å². The van der Waals surface area contributed by atoms with Crippen LogP contribution in [0.2, 0.25) is 0 Å². The van der Waals surface area contributed by atoms with Crippen molar-refractivity contribution in [3.63, 3.8) is 0 Å². The molecular formula is C13H11N5O3. The summed E-state index contributed by atoms with van der Waals surface area (Å²) in [4.78, 5) is 18.4. The molecule has 0 saturated heterocycles. The van der Waals surface area contributed by atoms with E-state index in [1.807, 2.05) is 6.07 Å². The van der Waals surface area contributed by atoms with Crippen molar-refractivity contribution in [3.05, 3.63) is 45.6 Å². The number of rotatable bonds is 4. The van der Waals surface area contributed by atoms with Crippen molar-refractivity contribution in [1.29, 1.82) is 5.26 Å². The van der Waals surface area contributed by atoms with Crippen molar-refractivity contribution in [2.24, 2.45) is 0 Å². The number of nitrogens with zero attached hydrogens (tertiary/aromatic N) is 4. The van der Waals surface area contributed by atoms with E-state index in [2.05, 4.69) is 15.3 Å². The predicted octanol–water partition coefficient (Wildman–Crippen LogP) is 2.40. The molecule has 0 amide bonds. The monoisotopic (exact) mass is 285 g/mol. The second-order valence-corrected chi connectivity index (χ2v) is 4.03. The van der Waals surface area contributed by atoms with E-state index in [4.69, 9.17) is 10.00 Å². The summed E-state index contributed by atoms with van der Waals surface area (Å²) in [7, 11) is 1.60. The second kappa shape index (κ2) is 5.83. The number of nitrogens with one attached hydrogen (secondary N) is 1. The first-order valence-corrected chi connectivity index (χ1v) is 5.94. The zero-order valence-corrected chi connectivity index (χ0v) is 11.3. The van der Waals surface area contributed by atoms with E-state index in [9.17, 15) is 10.1 Å². The Hall–Kier alpha value is -3.21. The first-order chi connectivity index (χ1) is 10.0. The predicted molar refractivity (Wildman–Crippen MR) is 74.2 cm³/mol. The number of hydrogen-bond acceptors (Lipinski definition) is 7. The van der Waals surface area contributed by atoms with Gasteiger partial charge in [0.2, 0.25) is 5.95 Å². The van der Waals surface area contributed by atoms with E-state index in [-0.39, 0.29) is 23.2 Å². The fraction of sp³-hybridized carbons (Fsp3) is 0.154. The van der Waals surface area contributed by atoms with Crippen LogP contribution in [0.25, 0.3) is 0 Å². The number of aromatic nitrogens is 2. The highest BCUT2D eigenvalue weighted by molar-refractivity contribution is 5.50. The van der Waals surface area contributed by atoms with Crippen molar-refractivity contribution in [2.75, 3.05) is 12.4 Å². The first kappa shape index (κ1) is 14.2. The van der Waals surface area contributed by atoms with Gasteiger partial charge in [0.1, 0.15) is 11.4 Å². The van der Waals surface area contributed by atoms with Crippen molar-refractivity contribution in [2.45, 2.75) is 6.92 Å². The van der Waals surface area contributed by atoms with Crippen molar-refractivity contribution >= 4 is 11.6 Å². The van der Waals surface area contributed by atoms with Crippen LogP contribution < -0.4 is 10.1 Å². The highest BCUT2D eigenvalue weighted by Crippen LogP contribution is 2.32. The van der Waals surface area contributed by atoms with Gasteiger partial charge in [-0.15, -0.1) is 0 Å². The molecule has 106 valence electrons. The Bertz CT molecular complexity index is 722. The Morgan fingerprint density at radius 2 is 2.00 bits per heavy atom. The molecule has 1 aromatic heterocycles. The summed E-state index contributed by atoms with van der Waals surface area (Å²) in [6, 6.07) is 8.16. The third-order valence-electron chi connectivity index (χ3n) is 2.63. The van der Waals surface area contributed by atoms with Gasteiger partial charge in [-0.1, -0.05) is 0 Å². The van der Waals surface area contributed by atoms with E-state index < -0.39 is 4.92 Å². The lowest BCUT2D eigenvalue weighted by molar-refractivity contribution is -0.386. The van der Waals surface area contributed by atoms with Crippen LogP contribution in [-0.2, 0) is 0 Å². The Kier molecular flexibility index (Phi) is 3.95. The van der Waals surface area contributed by atoms with E-state index in [0.717, 1.165) is 0 Å². The average Bonchev–Trinajstić information content (AvgIpc) is 2.47. The third-order valence-corrected chi connectivity index (χ3v) is 2.63. The third kappa shape index (κ3) is 3.03. The normalized spacial score (nSPS) is 9.76. The molecule has 0 bridgehead atoms. The molecule has 0 fully saturated rings. The summed E-state index contributed by atoms with van der Waals surface area (Å²) in [5.41, 5.74) is 0.369. The fourth-order valence-electron chi connectivity index (χ4n) is 1.64. The first-order valence-electron chi connectivity index (χ1n) is 5.94. The summed E-state index contributed by atoms with van der Waals surface area (Å²) in [6.07, 6.45) is 0. The Morgan fingerprint density at radius 3 is 2.52 bits per heavy atom. The van der Waals surface area contributed by atoms with Crippen LogP contribution >= 0.6 is 0 Å². The topological polar surface area (TPSA) is 114 Å². The highest BCUT2D eigenvalue weighted by atomic mass is 16.6. The Morgan fingerprint density at radius 1 is 1.33 bits per heavy atom. The lowest BCUT2D eigenvalue weighted by Gasteiger charge is -2.08. The van der Waals surface area contributed by atoms with Crippen molar-refractivity contribution in [1.82, 2.24) is 9.97 Å². The van der Waals surface area contributed by atoms with Crippen LogP contribution in [0.5, 0.6) is 11.6 Å². The van der Waals surface area contributed by atoms with Gasteiger partial charge in [-0.2, -0.15) is 10.2 Å². The molecule has 0 aliphatic rings. The number of anilines is 1. The van der Waals surface area contributed by atoms with Gasteiger partial charge in [0.25, 0.3) is 0 Å². The molecule has 0 radical (unpaired) electrons. The molecule has 0 unspecified atom stereocenters. The minimum Gasteiger partial charge on any atom is -0.434 e. The summed E-state index contributed by atoms with van der Waals surface area (Å²) >= 11 is 0. The molecule has 0 spiro atoms. The molecule has 0 aliphatic carbocycles. The van der Waals surface area contributed by atoms with Gasteiger partial charge in [0, 0.05) is 7.05 Å². The van der Waals surface area contributed by atoms with Crippen molar-refractivity contribution in [3.8, 4) is 17.7 Å². The van der Waals surface area contributed by atoms with Gasteiger partial charge in [-0.25, -0.2) is 4.98 Å². The molecule has 8 heteroatoms. The van der Waals surface area contributed by atoms with Gasteiger partial charge in [0.15, 0.2) is 0 Å². The second-order valence-electron chi connectivity index (χ2n) is 4.03. The minimum absolute atomic E-state index is 0.151. The van der Waals surface area contributed by atoms with Gasteiger partial charge in [-0.3, -0.25) is 10.1 Å². The molecule has 2 rings (SSSR count). The Labute approximate surface area is 120 Å². The van der Waals surface area contributed by atoms with E-state index in [0.29, 0.717) is 11.3 Å². The zero-order chi connectivity index (χ0) is 15.4.